The third kappa shape index (κ3) is 10.5. The molecular weight excluding hydrogens is 532 g/mol. The van der Waals surface area contributed by atoms with Crippen molar-refractivity contribution in [3.63, 3.8) is 0 Å². The molecular formula is C31H40O10. The van der Waals surface area contributed by atoms with E-state index in [4.69, 9.17) is 18.9 Å². The summed E-state index contributed by atoms with van der Waals surface area (Å²) in [5.41, 5.74) is 1.50. The van der Waals surface area contributed by atoms with Crippen molar-refractivity contribution in [1.82, 2.24) is 0 Å². The molecule has 4 N–H and O–H groups in total. The van der Waals surface area contributed by atoms with E-state index in [1.54, 1.807) is 48.5 Å². The minimum atomic E-state index is -0.986. The molecule has 10 nitrogen and oxygen atoms in total. The number of benzene rings is 2. The van der Waals surface area contributed by atoms with Gasteiger partial charge in [-0.3, -0.25) is 0 Å². The predicted octanol–water partition coefficient (Wildman–Crippen LogP) is 3.20. The van der Waals surface area contributed by atoms with Crippen LogP contribution < -0.4 is 9.47 Å². The highest BCUT2D eigenvalue weighted by Crippen LogP contribution is 2.26. The molecule has 0 aromatic heterocycles. The van der Waals surface area contributed by atoms with Crippen LogP contribution in [0.25, 0.3) is 0 Å². The molecule has 0 spiro atoms. The van der Waals surface area contributed by atoms with Crippen LogP contribution in [0.5, 0.6) is 11.5 Å². The van der Waals surface area contributed by atoms with Crippen molar-refractivity contribution in [3.8, 4) is 11.5 Å². The summed E-state index contributed by atoms with van der Waals surface area (Å²) in [7, 11) is 3.06. The third-order valence-electron chi connectivity index (χ3n) is 6.93. The zero-order valence-electron chi connectivity index (χ0n) is 23.5. The molecule has 0 unspecified atom stereocenters. The number of ether oxygens (including phenoxy) is 4. The highest BCUT2D eigenvalue weighted by atomic mass is 16.5. The highest BCUT2D eigenvalue weighted by molar-refractivity contribution is 5.90. The maximum absolute atomic E-state index is 12.5. The van der Waals surface area contributed by atoms with Crippen molar-refractivity contribution in [3.05, 3.63) is 71.3 Å². The van der Waals surface area contributed by atoms with Crippen molar-refractivity contribution in [2.45, 2.75) is 75.5 Å². The fourth-order valence-electron chi connectivity index (χ4n) is 4.79. The van der Waals surface area contributed by atoms with Crippen molar-refractivity contribution in [2.75, 3.05) is 20.8 Å². The summed E-state index contributed by atoms with van der Waals surface area (Å²) in [6, 6.07) is 13.0. The first-order chi connectivity index (χ1) is 19.7. The molecule has 0 saturated carbocycles. The molecule has 2 aromatic rings. The van der Waals surface area contributed by atoms with Gasteiger partial charge in [-0.1, -0.05) is 11.6 Å². The van der Waals surface area contributed by atoms with Gasteiger partial charge < -0.3 is 39.4 Å². The average molecular weight is 573 g/mol. The molecule has 0 bridgehead atoms. The van der Waals surface area contributed by atoms with E-state index >= 15 is 0 Å². The standard InChI is InChI=1S/C31H40O10/c1-38-26-9-4-21(5-10-26)30(36)40-28-8-3-20(16-24(34)18-28)15-23(33)17-25(35)19-29(13-14-32)41-31(37)22-6-11-27(39-2)12-7-22/h3-7,9-12,23-25,28-29,32-35H,8,13-19H2,1-2H3/t23-,24-,25+,28+,29-/m1/s1. The second-order valence-corrected chi connectivity index (χ2v) is 10.2. The first-order valence-corrected chi connectivity index (χ1v) is 13.7. The number of hydrogen-bond donors (Lipinski definition) is 4. The Labute approximate surface area is 240 Å². The second-order valence-electron chi connectivity index (χ2n) is 10.2. The number of hydrogen-bond acceptors (Lipinski definition) is 10. The Hall–Kier alpha value is -3.44. The topological polar surface area (TPSA) is 152 Å². The maximum atomic E-state index is 12.5. The van der Waals surface area contributed by atoms with Crippen molar-refractivity contribution in [2.24, 2.45) is 0 Å². The minimum absolute atomic E-state index is 0.0192. The first kappa shape index (κ1) is 32.1. The number of carbonyl (C=O) groups is 2. The van der Waals surface area contributed by atoms with Crippen LogP contribution in [0.4, 0.5) is 0 Å². The summed E-state index contributed by atoms with van der Waals surface area (Å²) in [5.74, 6) is 0.147. The lowest BCUT2D eigenvalue weighted by Crippen LogP contribution is -2.28. The Balaban J connectivity index is 1.49. The van der Waals surface area contributed by atoms with Gasteiger partial charge in [-0.05, 0) is 67.8 Å². The lowest BCUT2D eigenvalue weighted by atomic mass is 9.96. The van der Waals surface area contributed by atoms with Crippen LogP contribution in [0.1, 0.15) is 65.7 Å². The number of methoxy groups -OCH3 is 2. The molecule has 3 rings (SSSR count). The van der Waals surface area contributed by atoms with E-state index in [2.05, 4.69) is 0 Å². The van der Waals surface area contributed by atoms with Crippen molar-refractivity contribution < 1.29 is 49.0 Å². The molecule has 224 valence electrons. The van der Waals surface area contributed by atoms with E-state index in [1.807, 2.05) is 6.08 Å². The third-order valence-corrected chi connectivity index (χ3v) is 6.93. The number of carbonyl (C=O) groups excluding carboxylic acids is 2. The average Bonchev–Trinajstić information content (AvgIpc) is 3.12. The van der Waals surface area contributed by atoms with Gasteiger partial charge in [0, 0.05) is 32.3 Å². The summed E-state index contributed by atoms with van der Waals surface area (Å²) in [5, 5.41) is 41.2. The zero-order chi connectivity index (χ0) is 29.8. The van der Waals surface area contributed by atoms with Crippen LogP contribution >= 0.6 is 0 Å². The fraction of sp³-hybridized carbons (Fsp3) is 0.484. The Kier molecular flexibility index (Phi) is 12.6. The first-order valence-electron chi connectivity index (χ1n) is 13.7. The Bertz CT molecular complexity index is 1130. The summed E-state index contributed by atoms with van der Waals surface area (Å²) >= 11 is 0. The smallest absolute Gasteiger partial charge is 0.338 e. The van der Waals surface area contributed by atoms with Crippen LogP contribution in [-0.4, -0.2) is 83.7 Å². The van der Waals surface area contributed by atoms with E-state index in [9.17, 15) is 30.0 Å². The van der Waals surface area contributed by atoms with Crippen LogP contribution in [0.15, 0.2) is 60.2 Å². The van der Waals surface area contributed by atoms with Gasteiger partial charge in [0.25, 0.3) is 0 Å². The van der Waals surface area contributed by atoms with Crippen molar-refractivity contribution >= 4 is 11.9 Å². The summed E-state index contributed by atoms with van der Waals surface area (Å²) in [6.07, 6.45) is -0.625. The van der Waals surface area contributed by atoms with E-state index in [0.717, 1.165) is 5.57 Å². The molecule has 10 heteroatoms. The molecule has 1 aliphatic rings. The Morgan fingerprint density at radius 3 is 2.02 bits per heavy atom. The number of rotatable bonds is 14. The Morgan fingerprint density at radius 1 is 0.878 bits per heavy atom. The SMILES string of the molecule is COc1ccc(C(=O)O[C@H](CCO)C[C@@H](O)C[C@H](O)CC2=CC[C@H](OC(=O)c3ccc(OC)cc3)C[C@H](O)C2)cc1. The van der Waals surface area contributed by atoms with Crippen LogP contribution in [0, 0.1) is 0 Å². The molecule has 0 saturated heterocycles. The molecule has 0 aliphatic heterocycles. The monoisotopic (exact) mass is 572 g/mol. The normalized spacial score (nSPS) is 19.2. The fourth-order valence-corrected chi connectivity index (χ4v) is 4.79. The minimum Gasteiger partial charge on any atom is -0.497 e. The van der Waals surface area contributed by atoms with E-state index in [0.29, 0.717) is 35.5 Å². The van der Waals surface area contributed by atoms with Crippen LogP contribution in [0.2, 0.25) is 0 Å². The van der Waals surface area contributed by atoms with Gasteiger partial charge in [-0.2, -0.15) is 0 Å². The van der Waals surface area contributed by atoms with Crippen molar-refractivity contribution in [1.29, 1.82) is 0 Å². The van der Waals surface area contributed by atoms with Gasteiger partial charge in [0.05, 0.1) is 43.7 Å². The summed E-state index contributed by atoms with van der Waals surface area (Å²) < 4.78 is 21.3. The predicted molar refractivity (Wildman–Crippen MR) is 150 cm³/mol. The molecule has 0 fully saturated rings. The van der Waals surface area contributed by atoms with Gasteiger partial charge >= 0.3 is 11.9 Å². The largest absolute Gasteiger partial charge is 0.497 e. The molecule has 0 heterocycles. The summed E-state index contributed by atoms with van der Waals surface area (Å²) in [4.78, 5) is 25.1. The quantitative estimate of drug-likeness (QED) is 0.196. The van der Waals surface area contributed by atoms with Gasteiger partial charge in [0.15, 0.2) is 0 Å². The number of aliphatic hydroxyl groups is 4. The van der Waals surface area contributed by atoms with E-state index in [1.165, 1.54) is 14.2 Å². The molecule has 41 heavy (non-hydrogen) atoms. The zero-order valence-corrected chi connectivity index (χ0v) is 23.5. The van der Waals surface area contributed by atoms with Gasteiger partial charge in [-0.25, -0.2) is 9.59 Å². The van der Waals surface area contributed by atoms with Gasteiger partial charge in [-0.15, -0.1) is 0 Å². The van der Waals surface area contributed by atoms with Crippen LogP contribution in [0.3, 0.4) is 0 Å². The number of esters is 2. The molecule has 1 aliphatic carbocycles. The lowest BCUT2D eigenvalue weighted by Gasteiger charge is -2.22. The Morgan fingerprint density at radius 2 is 1.46 bits per heavy atom. The highest BCUT2D eigenvalue weighted by Gasteiger charge is 2.26. The van der Waals surface area contributed by atoms with E-state index in [-0.39, 0.29) is 38.7 Å². The lowest BCUT2D eigenvalue weighted by molar-refractivity contribution is -0.000879. The second kappa shape index (κ2) is 16.1. The molecule has 5 atom stereocenters. The molecule has 2 aromatic carbocycles. The van der Waals surface area contributed by atoms with Crippen LogP contribution in [-0.2, 0) is 9.47 Å². The summed E-state index contributed by atoms with van der Waals surface area (Å²) in [6.45, 7) is -0.231. The molecule has 0 amide bonds. The van der Waals surface area contributed by atoms with E-state index < -0.39 is 42.5 Å². The maximum Gasteiger partial charge on any atom is 0.338 e. The molecule has 0 radical (unpaired) electrons. The number of aliphatic hydroxyl groups excluding tert-OH is 4. The van der Waals surface area contributed by atoms with Gasteiger partial charge in [0.1, 0.15) is 23.7 Å². The van der Waals surface area contributed by atoms with Gasteiger partial charge in [0.2, 0.25) is 0 Å².